The van der Waals surface area contributed by atoms with Crippen LogP contribution in [0.15, 0.2) is 54.6 Å². The Kier molecular flexibility index (Phi) is 5.35. The van der Waals surface area contributed by atoms with Crippen LogP contribution in [0.4, 0.5) is 0 Å². The summed E-state index contributed by atoms with van der Waals surface area (Å²) in [7, 11) is 0. The van der Waals surface area contributed by atoms with Crippen LogP contribution < -0.4 is 0 Å². The third kappa shape index (κ3) is 3.90. The van der Waals surface area contributed by atoms with Crippen LogP contribution in [-0.4, -0.2) is 0 Å². The highest BCUT2D eigenvalue weighted by Gasteiger charge is 1.95. The van der Waals surface area contributed by atoms with E-state index in [9.17, 15) is 0 Å². The number of hydrogen-bond donors (Lipinski definition) is 0. The number of rotatable bonds is 1. The van der Waals surface area contributed by atoms with Gasteiger partial charge in [-0.3, -0.25) is 0 Å². The summed E-state index contributed by atoms with van der Waals surface area (Å²) in [5.41, 5.74) is 4.32. The van der Waals surface area contributed by atoms with Crippen LogP contribution in [0.3, 0.4) is 0 Å². The van der Waals surface area contributed by atoms with E-state index in [1.54, 1.807) is 0 Å². The zero-order chi connectivity index (χ0) is 11.8. The molecule has 0 bridgehead atoms. The molecule has 2 aromatic rings. The quantitative estimate of drug-likeness (QED) is 0.650. The Bertz CT molecular complexity index is 375. The summed E-state index contributed by atoms with van der Waals surface area (Å²) in [6.07, 6.45) is 1.15. The SMILES string of the molecule is CCc1cccc(C)c1C.c1ccccc1. The summed E-state index contributed by atoms with van der Waals surface area (Å²) < 4.78 is 0. The molecule has 0 aliphatic carbocycles. The molecule has 0 aromatic heterocycles. The normalized spacial score (nSPS) is 9.19. The van der Waals surface area contributed by atoms with Crippen LogP contribution in [0.2, 0.25) is 0 Å². The van der Waals surface area contributed by atoms with E-state index in [4.69, 9.17) is 0 Å². The Morgan fingerprint density at radius 2 is 1.25 bits per heavy atom. The molecular weight excluding hydrogens is 192 g/mol. The lowest BCUT2D eigenvalue weighted by Crippen LogP contribution is -1.88. The van der Waals surface area contributed by atoms with Gasteiger partial charge >= 0.3 is 0 Å². The minimum Gasteiger partial charge on any atom is -0.0623 e. The molecule has 0 heteroatoms. The fourth-order valence-electron chi connectivity index (χ4n) is 1.58. The van der Waals surface area contributed by atoms with E-state index in [1.165, 1.54) is 16.7 Å². The molecule has 0 heterocycles. The largest absolute Gasteiger partial charge is 0.0623 e. The van der Waals surface area contributed by atoms with E-state index in [-0.39, 0.29) is 0 Å². The molecule has 0 aliphatic heterocycles. The number of aryl methyl sites for hydroxylation is 2. The standard InChI is InChI=1S/C10H14.C6H6/c1-4-10-7-5-6-8(2)9(10)3;1-2-4-6-5-3-1/h5-7H,4H2,1-3H3;1-6H. The summed E-state index contributed by atoms with van der Waals surface area (Å²) in [6, 6.07) is 18.5. The van der Waals surface area contributed by atoms with Gasteiger partial charge in [-0.1, -0.05) is 61.5 Å². The monoisotopic (exact) mass is 212 g/mol. The highest BCUT2D eigenvalue weighted by Crippen LogP contribution is 2.12. The first-order valence-electron chi connectivity index (χ1n) is 5.80. The molecule has 0 radical (unpaired) electrons. The van der Waals surface area contributed by atoms with Crippen molar-refractivity contribution in [1.29, 1.82) is 0 Å². The second-order valence-electron chi connectivity index (χ2n) is 3.87. The van der Waals surface area contributed by atoms with E-state index < -0.39 is 0 Å². The van der Waals surface area contributed by atoms with Gasteiger partial charge < -0.3 is 0 Å². The smallest absolute Gasteiger partial charge is 0.0305 e. The lowest BCUT2D eigenvalue weighted by molar-refractivity contribution is 1.09. The van der Waals surface area contributed by atoms with E-state index in [1.807, 2.05) is 36.4 Å². The molecule has 0 saturated carbocycles. The van der Waals surface area contributed by atoms with Crippen molar-refractivity contribution in [3.63, 3.8) is 0 Å². The first-order chi connectivity index (χ1) is 7.75. The molecular formula is C16H20. The molecule has 0 fully saturated rings. The van der Waals surface area contributed by atoms with Gasteiger partial charge in [0, 0.05) is 0 Å². The maximum Gasteiger partial charge on any atom is -0.0305 e. The lowest BCUT2D eigenvalue weighted by atomic mass is 10.0. The maximum atomic E-state index is 2.20. The Morgan fingerprint density at radius 3 is 1.62 bits per heavy atom. The molecule has 2 aromatic carbocycles. The van der Waals surface area contributed by atoms with Crippen molar-refractivity contribution in [1.82, 2.24) is 0 Å². The Balaban J connectivity index is 0.000000181. The van der Waals surface area contributed by atoms with Crippen molar-refractivity contribution in [3.05, 3.63) is 71.3 Å². The molecule has 0 spiro atoms. The first-order valence-corrected chi connectivity index (χ1v) is 5.80. The molecule has 0 aliphatic rings. The Hall–Kier alpha value is -1.56. The summed E-state index contributed by atoms with van der Waals surface area (Å²) in [5, 5.41) is 0. The Labute approximate surface area is 99.0 Å². The van der Waals surface area contributed by atoms with Crippen molar-refractivity contribution >= 4 is 0 Å². The number of benzene rings is 2. The average Bonchev–Trinajstić information content (AvgIpc) is 2.36. The third-order valence-electron chi connectivity index (χ3n) is 2.76. The van der Waals surface area contributed by atoms with Crippen LogP contribution >= 0.6 is 0 Å². The lowest BCUT2D eigenvalue weighted by Gasteiger charge is -2.04. The average molecular weight is 212 g/mol. The summed E-state index contributed by atoms with van der Waals surface area (Å²) in [6.45, 7) is 6.55. The molecule has 0 saturated heterocycles. The molecule has 0 atom stereocenters. The fourth-order valence-corrected chi connectivity index (χ4v) is 1.58. The van der Waals surface area contributed by atoms with Gasteiger partial charge in [-0.15, -0.1) is 0 Å². The van der Waals surface area contributed by atoms with Crippen LogP contribution in [0.5, 0.6) is 0 Å². The van der Waals surface area contributed by atoms with Crippen LogP contribution in [0.1, 0.15) is 23.6 Å². The highest BCUT2D eigenvalue weighted by molar-refractivity contribution is 5.32. The van der Waals surface area contributed by atoms with E-state index in [0.717, 1.165) is 6.42 Å². The van der Waals surface area contributed by atoms with Gasteiger partial charge in [0.1, 0.15) is 0 Å². The maximum absolute atomic E-state index is 2.20. The van der Waals surface area contributed by atoms with Gasteiger partial charge in [0.05, 0.1) is 0 Å². The van der Waals surface area contributed by atoms with Crippen molar-refractivity contribution in [3.8, 4) is 0 Å². The molecule has 0 nitrogen and oxygen atoms in total. The van der Waals surface area contributed by atoms with Gasteiger partial charge in [-0.2, -0.15) is 0 Å². The van der Waals surface area contributed by atoms with Gasteiger partial charge in [-0.05, 0) is 37.0 Å². The predicted octanol–water partition coefficient (Wildman–Crippen LogP) is 4.55. The van der Waals surface area contributed by atoms with Crippen LogP contribution in [0, 0.1) is 13.8 Å². The van der Waals surface area contributed by atoms with E-state index in [2.05, 4.69) is 39.0 Å². The molecule has 0 amide bonds. The fraction of sp³-hybridized carbons (Fsp3) is 0.250. The van der Waals surface area contributed by atoms with Crippen molar-refractivity contribution in [2.45, 2.75) is 27.2 Å². The van der Waals surface area contributed by atoms with E-state index >= 15 is 0 Å². The minimum atomic E-state index is 1.15. The zero-order valence-corrected chi connectivity index (χ0v) is 10.4. The zero-order valence-electron chi connectivity index (χ0n) is 10.4. The summed E-state index contributed by atoms with van der Waals surface area (Å²) in [4.78, 5) is 0. The molecule has 2 rings (SSSR count). The molecule has 16 heavy (non-hydrogen) atoms. The summed E-state index contributed by atoms with van der Waals surface area (Å²) >= 11 is 0. The number of hydrogen-bond acceptors (Lipinski definition) is 0. The topological polar surface area (TPSA) is 0 Å². The van der Waals surface area contributed by atoms with Crippen molar-refractivity contribution < 1.29 is 0 Å². The van der Waals surface area contributed by atoms with Crippen LogP contribution in [0.25, 0.3) is 0 Å². The molecule has 0 N–H and O–H groups in total. The van der Waals surface area contributed by atoms with Gasteiger partial charge in [0.15, 0.2) is 0 Å². The first kappa shape index (κ1) is 12.5. The summed E-state index contributed by atoms with van der Waals surface area (Å²) in [5.74, 6) is 0. The second-order valence-corrected chi connectivity index (χ2v) is 3.87. The van der Waals surface area contributed by atoms with Crippen LogP contribution in [-0.2, 0) is 6.42 Å². The Morgan fingerprint density at radius 1 is 0.750 bits per heavy atom. The minimum absolute atomic E-state index is 1.15. The molecule has 84 valence electrons. The molecule has 0 unspecified atom stereocenters. The van der Waals surface area contributed by atoms with Gasteiger partial charge in [-0.25, -0.2) is 0 Å². The highest BCUT2D eigenvalue weighted by atomic mass is 14.0. The van der Waals surface area contributed by atoms with Crippen molar-refractivity contribution in [2.24, 2.45) is 0 Å². The third-order valence-corrected chi connectivity index (χ3v) is 2.76. The predicted molar refractivity (Wildman–Crippen MR) is 71.7 cm³/mol. The van der Waals surface area contributed by atoms with Gasteiger partial charge in [0.25, 0.3) is 0 Å². The van der Waals surface area contributed by atoms with Crippen molar-refractivity contribution in [2.75, 3.05) is 0 Å². The second kappa shape index (κ2) is 6.84. The van der Waals surface area contributed by atoms with E-state index in [0.29, 0.717) is 0 Å². The van der Waals surface area contributed by atoms with Gasteiger partial charge in [0.2, 0.25) is 0 Å².